The van der Waals surface area contributed by atoms with Gasteiger partial charge in [-0.2, -0.15) is 0 Å². The van der Waals surface area contributed by atoms with Crippen LogP contribution in [0.15, 0.2) is 12.3 Å². The lowest BCUT2D eigenvalue weighted by molar-refractivity contribution is -0.161. The summed E-state index contributed by atoms with van der Waals surface area (Å²) in [4.78, 5) is 35.6. The first-order valence-electron chi connectivity index (χ1n) is 10.5. The van der Waals surface area contributed by atoms with E-state index in [2.05, 4.69) is 9.97 Å². The summed E-state index contributed by atoms with van der Waals surface area (Å²) in [5, 5.41) is 0. The van der Waals surface area contributed by atoms with Gasteiger partial charge in [0.1, 0.15) is 11.9 Å². The molecule has 7 nitrogen and oxygen atoms in total. The highest BCUT2D eigenvalue weighted by Crippen LogP contribution is 2.60. The molecule has 6 rings (SSSR count). The number of nitrogens with two attached hydrogens (primary N) is 1. The highest BCUT2D eigenvalue weighted by Gasteiger charge is 2.59. The number of rotatable bonds is 3. The lowest BCUT2D eigenvalue weighted by Gasteiger charge is -2.58. The summed E-state index contributed by atoms with van der Waals surface area (Å²) in [7, 11) is 0. The second kappa shape index (κ2) is 6.42. The highest BCUT2D eigenvalue weighted by atomic mass is 16.6. The maximum atomic E-state index is 12.9. The van der Waals surface area contributed by atoms with E-state index >= 15 is 0 Å². The Balaban J connectivity index is 1.24. The van der Waals surface area contributed by atoms with E-state index in [0.717, 1.165) is 50.0 Å². The average molecular weight is 384 g/mol. The van der Waals surface area contributed by atoms with Gasteiger partial charge < -0.3 is 15.4 Å². The quantitative estimate of drug-likeness (QED) is 0.863. The van der Waals surface area contributed by atoms with Gasteiger partial charge >= 0.3 is 6.09 Å². The minimum Gasteiger partial charge on any atom is -0.446 e. The van der Waals surface area contributed by atoms with Gasteiger partial charge in [0.15, 0.2) is 0 Å². The number of carbonyl (C=O) groups is 2. The fraction of sp³-hybridized carbons (Fsp3) is 0.714. The fourth-order valence-electron chi connectivity index (χ4n) is 6.46. The molecule has 28 heavy (non-hydrogen) atoms. The second-order valence-electron chi connectivity index (χ2n) is 9.45. The van der Waals surface area contributed by atoms with E-state index in [1.54, 1.807) is 11.1 Å². The fourth-order valence-corrected chi connectivity index (χ4v) is 6.46. The number of primary amides is 1. The van der Waals surface area contributed by atoms with Crippen LogP contribution in [0.2, 0.25) is 0 Å². The topological polar surface area (TPSA) is 98.4 Å². The molecule has 2 heterocycles. The summed E-state index contributed by atoms with van der Waals surface area (Å²) >= 11 is 0. The van der Waals surface area contributed by atoms with Gasteiger partial charge in [0.05, 0.1) is 5.41 Å². The normalized spacial score (nSPS) is 38.6. The van der Waals surface area contributed by atoms with Gasteiger partial charge in [0, 0.05) is 30.9 Å². The molecule has 0 radical (unpaired) electrons. The highest BCUT2D eigenvalue weighted by molar-refractivity contribution is 5.81. The molecule has 4 aliphatic carbocycles. The van der Waals surface area contributed by atoms with Crippen molar-refractivity contribution in [3.05, 3.63) is 23.8 Å². The molecule has 5 aliphatic rings. The van der Waals surface area contributed by atoms with Gasteiger partial charge in [-0.3, -0.25) is 4.79 Å². The van der Waals surface area contributed by atoms with Gasteiger partial charge in [-0.15, -0.1) is 0 Å². The average Bonchev–Trinajstić information content (AvgIpc) is 3.14. The van der Waals surface area contributed by atoms with E-state index in [0.29, 0.717) is 19.0 Å². The molecule has 1 saturated heterocycles. The Morgan fingerprint density at radius 3 is 2.68 bits per heavy atom. The summed E-state index contributed by atoms with van der Waals surface area (Å²) in [5.41, 5.74) is 6.35. The smallest absolute Gasteiger partial charge is 0.410 e. The van der Waals surface area contributed by atoms with E-state index in [9.17, 15) is 9.59 Å². The van der Waals surface area contributed by atoms with E-state index in [1.165, 1.54) is 0 Å². The largest absolute Gasteiger partial charge is 0.446 e. The molecule has 3 unspecified atom stereocenters. The maximum absolute atomic E-state index is 12.9. The van der Waals surface area contributed by atoms with E-state index < -0.39 is 0 Å². The first kappa shape index (κ1) is 17.9. The molecule has 0 spiro atoms. The molecule has 3 atom stereocenters. The van der Waals surface area contributed by atoms with Gasteiger partial charge in [0.2, 0.25) is 5.91 Å². The summed E-state index contributed by atoms with van der Waals surface area (Å²) in [5.74, 6) is 1.95. The van der Waals surface area contributed by atoms with Gasteiger partial charge in [-0.25, -0.2) is 14.8 Å². The van der Waals surface area contributed by atoms with E-state index in [1.807, 2.05) is 13.0 Å². The Hall–Kier alpha value is -2.18. The van der Waals surface area contributed by atoms with Crippen LogP contribution in [0.1, 0.15) is 56.0 Å². The van der Waals surface area contributed by atoms with Gasteiger partial charge in [-0.05, 0) is 69.3 Å². The number of ether oxygens (including phenoxy) is 1. The molecule has 4 saturated carbocycles. The predicted octanol–water partition coefficient (Wildman–Crippen LogP) is 2.39. The third-order valence-electron chi connectivity index (χ3n) is 7.57. The predicted molar refractivity (Wildman–Crippen MR) is 101 cm³/mol. The van der Waals surface area contributed by atoms with Crippen LogP contribution < -0.4 is 5.73 Å². The minimum absolute atomic E-state index is 0.0641. The lowest BCUT2D eigenvalue weighted by Crippen LogP contribution is -2.59. The van der Waals surface area contributed by atoms with Crippen molar-refractivity contribution < 1.29 is 14.3 Å². The molecule has 1 aliphatic heterocycles. The number of amides is 2. The van der Waals surface area contributed by atoms with Crippen LogP contribution in [0.5, 0.6) is 0 Å². The Labute approximate surface area is 165 Å². The number of aromatic nitrogens is 2. The maximum Gasteiger partial charge on any atom is 0.410 e. The lowest BCUT2D eigenvalue weighted by atomic mass is 9.48. The molecule has 150 valence electrons. The second-order valence-corrected chi connectivity index (χ2v) is 9.45. The molecule has 2 N–H and O–H groups in total. The number of hydrogen-bond acceptors (Lipinski definition) is 5. The number of hydrogen-bond donors (Lipinski definition) is 1. The molecule has 2 amide bonds. The third-order valence-corrected chi connectivity index (χ3v) is 7.57. The van der Waals surface area contributed by atoms with Gasteiger partial charge in [0.25, 0.3) is 0 Å². The molecule has 4 bridgehead atoms. The molecule has 1 aromatic rings. The Morgan fingerprint density at radius 1 is 1.25 bits per heavy atom. The first-order valence-corrected chi connectivity index (χ1v) is 10.5. The van der Waals surface area contributed by atoms with Crippen LogP contribution in [0.25, 0.3) is 0 Å². The first-order chi connectivity index (χ1) is 13.4. The summed E-state index contributed by atoms with van der Waals surface area (Å²) in [6.07, 6.45) is 6.98. The van der Waals surface area contributed by atoms with Crippen LogP contribution in [0, 0.1) is 30.1 Å². The number of carbonyl (C=O) groups excluding carboxylic acids is 2. The summed E-state index contributed by atoms with van der Waals surface area (Å²) in [6, 6.07) is 1.88. The zero-order chi connectivity index (χ0) is 19.5. The van der Waals surface area contributed by atoms with E-state index in [4.69, 9.17) is 10.5 Å². The number of nitrogens with zero attached hydrogens (tertiary/aromatic N) is 3. The minimum atomic E-state index is -0.347. The Bertz CT molecular complexity index is 797. The monoisotopic (exact) mass is 384 g/mol. The molecular weight excluding hydrogens is 356 g/mol. The van der Waals surface area contributed by atoms with Crippen molar-refractivity contribution in [2.24, 2.45) is 28.9 Å². The van der Waals surface area contributed by atoms with Gasteiger partial charge in [-0.1, -0.05) is 0 Å². The molecule has 7 heteroatoms. The molecule has 1 aromatic heterocycles. The Morgan fingerprint density at radius 2 is 2.00 bits per heavy atom. The zero-order valence-corrected chi connectivity index (χ0v) is 16.3. The third kappa shape index (κ3) is 2.86. The SMILES string of the molecule is Cc1ccnc(C2CCN(C(=O)O[C@H]3C4CC5CC3C[C@](C(N)=O)(C5)C4)C2)n1. The van der Waals surface area contributed by atoms with Crippen LogP contribution in [-0.4, -0.2) is 46.1 Å². The van der Waals surface area contributed by atoms with Crippen molar-refractivity contribution in [2.75, 3.05) is 13.1 Å². The van der Waals surface area contributed by atoms with Crippen molar-refractivity contribution >= 4 is 12.0 Å². The standard InChI is InChI=1S/C21H28N4O3/c1-12-2-4-23-18(24-12)14-3-5-25(11-14)20(27)28-17-15-6-13-7-16(17)10-21(8-13,9-15)19(22)26/h2,4,13-17H,3,5-11H2,1H3,(H2,22,26)/t13?,14?,15?,16?,17-,21-. The van der Waals surface area contributed by atoms with Crippen LogP contribution in [0.4, 0.5) is 4.79 Å². The molecule has 5 fully saturated rings. The zero-order valence-electron chi connectivity index (χ0n) is 16.3. The van der Waals surface area contributed by atoms with Crippen molar-refractivity contribution in [3.63, 3.8) is 0 Å². The van der Waals surface area contributed by atoms with Crippen molar-refractivity contribution in [2.45, 2.75) is 57.5 Å². The van der Waals surface area contributed by atoms with Crippen LogP contribution in [0.3, 0.4) is 0 Å². The molecular formula is C21H28N4O3. The summed E-state index contributed by atoms with van der Waals surface area (Å²) in [6.45, 7) is 3.24. The van der Waals surface area contributed by atoms with Crippen molar-refractivity contribution in [1.82, 2.24) is 14.9 Å². The number of aryl methyl sites for hydroxylation is 1. The van der Waals surface area contributed by atoms with Crippen LogP contribution >= 0.6 is 0 Å². The van der Waals surface area contributed by atoms with E-state index in [-0.39, 0.29) is 41.3 Å². The Kier molecular flexibility index (Phi) is 4.10. The summed E-state index contributed by atoms with van der Waals surface area (Å²) < 4.78 is 6.04. The van der Waals surface area contributed by atoms with Crippen molar-refractivity contribution in [1.29, 1.82) is 0 Å². The number of likely N-dealkylation sites (tertiary alicyclic amines) is 1. The van der Waals surface area contributed by atoms with Crippen molar-refractivity contribution in [3.8, 4) is 0 Å². The molecule has 0 aromatic carbocycles. The van der Waals surface area contributed by atoms with Crippen LogP contribution in [-0.2, 0) is 9.53 Å².